The van der Waals surface area contributed by atoms with Crippen LogP contribution in [-0.2, 0) is 26.0 Å². The maximum atomic E-state index is 12.6. The van der Waals surface area contributed by atoms with E-state index in [0.29, 0.717) is 10.6 Å². The topological polar surface area (TPSA) is 81.7 Å². The number of rotatable bonds is 8. The summed E-state index contributed by atoms with van der Waals surface area (Å²) >= 11 is 5.91. The van der Waals surface area contributed by atoms with E-state index in [1.54, 1.807) is 31.2 Å². The molecule has 0 saturated carbocycles. The fraction of sp³-hybridized carbons (Fsp3) is 0.278. The lowest BCUT2D eigenvalue weighted by Gasteiger charge is -2.18. The number of ether oxygens (including phenoxy) is 2. The summed E-state index contributed by atoms with van der Waals surface area (Å²) < 4.78 is 72.7. The molecule has 0 spiro atoms. The van der Waals surface area contributed by atoms with Gasteiger partial charge >= 0.3 is 12.3 Å². The van der Waals surface area contributed by atoms with Gasteiger partial charge in [-0.3, -0.25) is 4.79 Å². The van der Waals surface area contributed by atoms with Gasteiger partial charge in [-0.2, -0.15) is 4.72 Å². The van der Waals surface area contributed by atoms with Gasteiger partial charge < -0.3 is 9.47 Å². The van der Waals surface area contributed by atoms with E-state index in [-0.39, 0.29) is 17.9 Å². The van der Waals surface area contributed by atoms with Gasteiger partial charge in [-0.1, -0.05) is 23.7 Å². The van der Waals surface area contributed by atoms with Crippen molar-refractivity contribution in [3.05, 3.63) is 59.1 Å². The molecule has 0 heterocycles. The highest BCUT2D eigenvalue weighted by molar-refractivity contribution is 7.89. The first kappa shape index (κ1) is 23.0. The van der Waals surface area contributed by atoms with Gasteiger partial charge in [0.15, 0.2) is 0 Å². The first-order valence-electron chi connectivity index (χ1n) is 8.29. The SMILES string of the molecule is CCOC(=O)C(Cc1cccc(Cl)c1)NS(=O)(=O)c1ccc(OC(F)(F)F)cc1. The van der Waals surface area contributed by atoms with Crippen molar-refractivity contribution in [2.24, 2.45) is 0 Å². The van der Waals surface area contributed by atoms with Crippen LogP contribution in [0.15, 0.2) is 53.4 Å². The van der Waals surface area contributed by atoms with Crippen LogP contribution in [0.4, 0.5) is 13.2 Å². The lowest BCUT2D eigenvalue weighted by Crippen LogP contribution is -2.43. The number of hydrogen-bond donors (Lipinski definition) is 1. The Morgan fingerprint density at radius 3 is 2.38 bits per heavy atom. The van der Waals surface area contributed by atoms with E-state index in [9.17, 15) is 26.4 Å². The van der Waals surface area contributed by atoms with Gasteiger partial charge in [-0.15, -0.1) is 13.2 Å². The Balaban J connectivity index is 2.22. The predicted molar refractivity (Wildman–Crippen MR) is 99.0 cm³/mol. The molecule has 2 aromatic carbocycles. The minimum absolute atomic E-state index is 0.0338. The zero-order chi connectivity index (χ0) is 21.7. The first-order chi connectivity index (χ1) is 13.5. The summed E-state index contributed by atoms with van der Waals surface area (Å²) in [5, 5.41) is 0.410. The normalized spacial score (nSPS) is 13.0. The number of benzene rings is 2. The number of nitrogens with one attached hydrogen (secondary N) is 1. The van der Waals surface area contributed by atoms with Gasteiger partial charge in [0, 0.05) is 5.02 Å². The molecule has 0 aliphatic carbocycles. The van der Waals surface area contributed by atoms with Gasteiger partial charge in [-0.05, 0) is 55.3 Å². The highest BCUT2D eigenvalue weighted by atomic mass is 35.5. The van der Waals surface area contributed by atoms with Crippen LogP contribution in [-0.4, -0.2) is 33.4 Å². The van der Waals surface area contributed by atoms with E-state index in [1.807, 2.05) is 0 Å². The lowest BCUT2D eigenvalue weighted by molar-refractivity contribution is -0.274. The van der Waals surface area contributed by atoms with Crippen molar-refractivity contribution in [1.82, 2.24) is 4.72 Å². The molecular formula is C18H17ClF3NO5S. The average Bonchev–Trinajstić information content (AvgIpc) is 2.60. The third kappa shape index (κ3) is 7.22. The molecule has 0 bridgehead atoms. The summed E-state index contributed by atoms with van der Waals surface area (Å²) in [6.07, 6.45) is -4.93. The highest BCUT2D eigenvalue weighted by Crippen LogP contribution is 2.24. The van der Waals surface area contributed by atoms with Crippen molar-refractivity contribution >= 4 is 27.6 Å². The second-order valence-electron chi connectivity index (χ2n) is 5.78. The molecule has 0 aliphatic rings. The van der Waals surface area contributed by atoms with E-state index in [4.69, 9.17) is 16.3 Å². The number of carbonyl (C=O) groups is 1. The number of carbonyl (C=O) groups excluding carboxylic acids is 1. The van der Waals surface area contributed by atoms with Crippen molar-refractivity contribution in [1.29, 1.82) is 0 Å². The highest BCUT2D eigenvalue weighted by Gasteiger charge is 2.31. The molecule has 2 aromatic rings. The Labute approximate surface area is 170 Å². The molecule has 0 amide bonds. The zero-order valence-electron chi connectivity index (χ0n) is 15.1. The summed E-state index contributed by atoms with van der Waals surface area (Å²) in [4.78, 5) is 11.9. The molecule has 1 unspecified atom stereocenters. The molecule has 1 N–H and O–H groups in total. The minimum atomic E-state index is -4.90. The maximum absolute atomic E-state index is 12.6. The van der Waals surface area contributed by atoms with Gasteiger partial charge in [0.2, 0.25) is 10.0 Å². The predicted octanol–water partition coefficient (Wildman–Crippen LogP) is 3.69. The number of sulfonamides is 1. The Hall–Kier alpha value is -2.30. The summed E-state index contributed by atoms with van der Waals surface area (Å²) in [5.74, 6) is -1.37. The van der Waals surface area contributed by atoms with E-state index in [0.717, 1.165) is 24.3 Å². The Morgan fingerprint density at radius 1 is 1.17 bits per heavy atom. The van der Waals surface area contributed by atoms with Crippen molar-refractivity contribution in [2.45, 2.75) is 30.6 Å². The van der Waals surface area contributed by atoms with Crippen molar-refractivity contribution in [2.75, 3.05) is 6.61 Å². The van der Waals surface area contributed by atoms with Crippen LogP contribution in [0.1, 0.15) is 12.5 Å². The quantitative estimate of drug-likeness (QED) is 0.619. The minimum Gasteiger partial charge on any atom is -0.465 e. The largest absolute Gasteiger partial charge is 0.573 e. The maximum Gasteiger partial charge on any atom is 0.573 e. The number of halogens is 4. The molecule has 0 aliphatic heterocycles. The fourth-order valence-electron chi connectivity index (χ4n) is 2.39. The molecule has 0 fully saturated rings. The Bertz CT molecular complexity index is 949. The Kier molecular flexibility index (Phi) is 7.50. The summed E-state index contributed by atoms with van der Waals surface area (Å²) in [6.45, 7) is 1.61. The summed E-state index contributed by atoms with van der Waals surface area (Å²) in [6, 6.07) is 8.84. The number of hydrogen-bond acceptors (Lipinski definition) is 5. The van der Waals surface area contributed by atoms with Crippen LogP contribution >= 0.6 is 11.6 Å². The third-order valence-electron chi connectivity index (χ3n) is 3.56. The van der Waals surface area contributed by atoms with E-state index in [2.05, 4.69) is 9.46 Å². The van der Waals surface area contributed by atoms with Crippen LogP contribution in [0.2, 0.25) is 5.02 Å². The van der Waals surface area contributed by atoms with Crippen LogP contribution < -0.4 is 9.46 Å². The van der Waals surface area contributed by atoms with E-state index < -0.39 is 34.1 Å². The smallest absolute Gasteiger partial charge is 0.465 e. The van der Waals surface area contributed by atoms with E-state index >= 15 is 0 Å². The van der Waals surface area contributed by atoms with Gasteiger partial charge in [0.05, 0.1) is 11.5 Å². The van der Waals surface area contributed by atoms with Crippen molar-refractivity contribution in [3.8, 4) is 5.75 Å². The zero-order valence-corrected chi connectivity index (χ0v) is 16.6. The molecule has 0 saturated heterocycles. The van der Waals surface area contributed by atoms with Crippen molar-refractivity contribution in [3.63, 3.8) is 0 Å². The second-order valence-corrected chi connectivity index (χ2v) is 7.93. The molecule has 29 heavy (non-hydrogen) atoms. The van der Waals surface area contributed by atoms with Gasteiger partial charge in [0.25, 0.3) is 0 Å². The molecule has 2 rings (SSSR count). The number of esters is 1. The van der Waals surface area contributed by atoms with Crippen LogP contribution in [0.25, 0.3) is 0 Å². The molecule has 0 radical (unpaired) electrons. The lowest BCUT2D eigenvalue weighted by atomic mass is 10.1. The molecular weight excluding hydrogens is 435 g/mol. The second kappa shape index (κ2) is 9.47. The number of alkyl halides is 3. The van der Waals surface area contributed by atoms with Gasteiger partial charge in [0.1, 0.15) is 11.8 Å². The monoisotopic (exact) mass is 451 g/mol. The van der Waals surface area contributed by atoms with E-state index in [1.165, 1.54) is 0 Å². The summed E-state index contributed by atoms with van der Waals surface area (Å²) in [5.41, 5.74) is 0.590. The third-order valence-corrected chi connectivity index (χ3v) is 5.29. The fourth-order valence-corrected chi connectivity index (χ4v) is 3.79. The molecule has 0 aromatic heterocycles. The molecule has 6 nitrogen and oxygen atoms in total. The van der Waals surface area contributed by atoms with Crippen LogP contribution in [0, 0.1) is 0 Å². The van der Waals surface area contributed by atoms with Crippen LogP contribution in [0.3, 0.4) is 0 Å². The summed E-state index contributed by atoms with van der Waals surface area (Å²) in [7, 11) is -4.23. The molecule has 158 valence electrons. The standard InChI is InChI=1S/C18H17ClF3NO5S/c1-2-27-17(24)16(11-12-4-3-5-13(19)10-12)23-29(25,26)15-8-6-14(7-9-15)28-18(20,21)22/h3-10,16,23H,2,11H2,1H3. The van der Waals surface area contributed by atoms with Crippen molar-refractivity contribution < 1.29 is 35.9 Å². The molecule has 1 atom stereocenters. The Morgan fingerprint density at radius 2 is 1.83 bits per heavy atom. The first-order valence-corrected chi connectivity index (χ1v) is 10.2. The van der Waals surface area contributed by atoms with Crippen LogP contribution in [0.5, 0.6) is 5.75 Å². The molecule has 11 heteroatoms. The van der Waals surface area contributed by atoms with Gasteiger partial charge in [-0.25, -0.2) is 8.42 Å². The average molecular weight is 452 g/mol.